The largest absolute Gasteiger partial charge is 0.497 e. The van der Waals surface area contributed by atoms with Crippen molar-refractivity contribution in [2.24, 2.45) is 0 Å². The average Bonchev–Trinajstić information content (AvgIpc) is 2.41. The minimum absolute atomic E-state index is 0.0125. The fraction of sp³-hybridized carbons (Fsp3) is 0.133. The van der Waals surface area contributed by atoms with Gasteiger partial charge in [0.2, 0.25) is 0 Å². The molecule has 0 heterocycles. The summed E-state index contributed by atoms with van der Waals surface area (Å²) in [5, 5.41) is 12.5. The van der Waals surface area contributed by atoms with Crippen molar-refractivity contribution in [2.45, 2.75) is 6.42 Å². The van der Waals surface area contributed by atoms with Crippen LogP contribution in [-0.4, -0.2) is 18.2 Å². The Kier molecular flexibility index (Phi) is 4.48. The van der Waals surface area contributed by atoms with Gasteiger partial charge in [0, 0.05) is 11.8 Å². The maximum absolute atomic E-state index is 10.7. The van der Waals surface area contributed by atoms with Crippen LogP contribution in [0, 0.1) is 0 Å². The van der Waals surface area contributed by atoms with E-state index in [1.807, 2.05) is 6.07 Å². The number of anilines is 2. The van der Waals surface area contributed by atoms with E-state index < -0.39 is 5.97 Å². The van der Waals surface area contributed by atoms with Crippen LogP contribution in [0.25, 0.3) is 0 Å². The summed E-state index contributed by atoms with van der Waals surface area (Å²) in [6.45, 7) is 0. The molecular weight excluding hydrogens is 278 g/mol. The highest BCUT2D eigenvalue weighted by atomic mass is 35.5. The minimum atomic E-state index is -0.860. The number of hydrogen-bond donors (Lipinski definition) is 2. The molecule has 0 bridgehead atoms. The second-order valence-corrected chi connectivity index (χ2v) is 4.65. The fourth-order valence-corrected chi connectivity index (χ4v) is 1.98. The van der Waals surface area contributed by atoms with Crippen LogP contribution in [0.1, 0.15) is 5.56 Å². The van der Waals surface area contributed by atoms with Crippen LogP contribution in [0.4, 0.5) is 11.4 Å². The summed E-state index contributed by atoms with van der Waals surface area (Å²) >= 11 is 6.12. The third-order valence-corrected chi connectivity index (χ3v) is 3.06. The number of methoxy groups -OCH3 is 1. The predicted octanol–water partition coefficient (Wildman–Crippen LogP) is 3.72. The zero-order valence-electron chi connectivity index (χ0n) is 10.9. The number of carboxylic acid groups (broad SMARTS) is 1. The zero-order valence-corrected chi connectivity index (χ0v) is 11.6. The number of nitrogens with one attached hydrogen (secondary N) is 1. The van der Waals surface area contributed by atoms with Crippen molar-refractivity contribution in [1.82, 2.24) is 0 Å². The van der Waals surface area contributed by atoms with Crippen LogP contribution in [0.15, 0.2) is 42.5 Å². The molecule has 0 aromatic heterocycles. The lowest BCUT2D eigenvalue weighted by Crippen LogP contribution is -2.00. The number of carboxylic acids is 1. The summed E-state index contributed by atoms with van der Waals surface area (Å²) in [5.41, 5.74) is 2.21. The van der Waals surface area contributed by atoms with Crippen molar-refractivity contribution < 1.29 is 14.6 Å². The molecular formula is C15H14ClNO3. The van der Waals surface area contributed by atoms with E-state index >= 15 is 0 Å². The number of benzene rings is 2. The van der Waals surface area contributed by atoms with Crippen molar-refractivity contribution >= 4 is 28.9 Å². The molecule has 2 aromatic rings. The lowest BCUT2D eigenvalue weighted by molar-refractivity contribution is -0.136. The quantitative estimate of drug-likeness (QED) is 0.881. The molecule has 0 fully saturated rings. The van der Waals surface area contributed by atoms with Gasteiger partial charge in [-0.2, -0.15) is 0 Å². The highest BCUT2D eigenvalue weighted by molar-refractivity contribution is 6.33. The summed E-state index contributed by atoms with van der Waals surface area (Å²) in [6.07, 6.45) is -0.0125. The number of carbonyl (C=O) groups is 1. The van der Waals surface area contributed by atoms with Crippen molar-refractivity contribution in [1.29, 1.82) is 0 Å². The van der Waals surface area contributed by atoms with Crippen molar-refractivity contribution in [3.63, 3.8) is 0 Å². The molecule has 104 valence electrons. The topological polar surface area (TPSA) is 58.6 Å². The lowest BCUT2D eigenvalue weighted by Gasteiger charge is -2.11. The van der Waals surface area contributed by atoms with E-state index in [-0.39, 0.29) is 6.42 Å². The first-order valence-corrected chi connectivity index (χ1v) is 6.37. The Morgan fingerprint density at radius 3 is 2.80 bits per heavy atom. The van der Waals surface area contributed by atoms with Gasteiger partial charge >= 0.3 is 5.97 Å². The van der Waals surface area contributed by atoms with E-state index in [2.05, 4.69) is 5.32 Å². The van der Waals surface area contributed by atoms with Crippen molar-refractivity contribution in [2.75, 3.05) is 12.4 Å². The van der Waals surface area contributed by atoms with E-state index in [0.717, 1.165) is 11.3 Å². The standard InChI is InChI=1S/C15H14ClNO3/c1-20-12-5-6-13(16)14(9-12)17-11-4-2-3-10(7-11)8-15(18)19/h2-7,9,17H,8H2,1H3,(H,18,19). The van der Waals surface area contributed by atoms with Gasteiger partial charge in [-0.15, -0.1) is 0 Å². The fourth-order valence-electron chi connectivity index (χ4n) is 1.82. The molecule has 2 N–H and O–H groups in total. The van der Waals surface area contributed by atoms with Crippen LogP contribution in [0.5, 0.6) is 5.75 Å². The molecule has 0 amide bonds. The van der Waals surface area contributed by atoms with Gasteiger partial charge in [0.15, 0.2) is 0 Å². The monoisotopic (exact) mass is 291 g/mol. The Balaban J connectivity index is 2.23. The number of aliphatic carboxylic acids is 1. The summed E-state index contributed by atoms with van der Waals surface area (Å²) in [7, 11) is 1.58. The molecule has 0 aliphatic heterocycles. The van der Waals surface area contributed by atoms with Gasteiger partial charge in [-0.3, -0.25) is 4.79 Å². The van der Waals surface area contributed by atoms with Crippen LogP contribution in [0.3, 0.4) is 0 Å². The maximum Gasteiger partial charge on any atom is 0.307 e. The summed E-state index contributed by atoms with van der Waals surface area (Å²) < 4.78 is 5.15. The van der Waals surface area contributed by atoms with Gasteiger partial charge in [-0.05, 0) is 29.8 Å². The van der Waals surface area contributed by atoms with Gasteiger partial charge in [0.05, 0.1) is 24.2 Å². The molecule has 0 saturated carbocycles. The second kappa shape index (κ2) is 6.30. The number of halogens is 1. The van der Waals surface area contributed by atoms with Crippen molar-refractivity contribution in [3.8, 4) is 5.75 Å². The highest BCUT2D eigenvalue weighted by Gasteiger charge is 2.05. The van der Waals surface area contributed by atoms with Gasteiger partial charge in [0.25, 0.3) is 0 Å². The van der Waals surface area contributed by atoms with E-state index in [0.29, 0.717) is 16.5 Å². The molecule has 0 aliphatic carbocycles. The van der Waals surface area contributed by atoms with Crippen LogP contribution in [0.2, 0.25) is 5.02 Å². The first-order valence-electron chi connectivity index (χ1n) is 6.00. The minimum Gasteiger partial charge on any atom is -0.497 e. The molecule has 4 nitrogen and oxygen atoms in total. The van der Waals surface area contributed by atoms with Gasteiger partial charge < -0.3 is 15.2 Å². The van der Waals surface area contributed by atoms with E-state index in [4.69, 9.17) is 21.4 Å². The maximum atomic E-state index is 10.7. The zero-order chi connectivity index (χ0) is 14.5. The Labute approximate surface area is 122 Å². The number of rotatable bonds is 5. The molecule has 0 saturated heterocycles. The van der Waals surface area contributed by atoms with Crippen LogP contribution < -0.4 is 10.1 Å². The molecule has 0 aliphatic rings. The first-order chi connectivity index (χ1) is 9.58. The first kappa shape index (κ1) is 14.2. The van der Waals surface area contributed by atoms with Crippen molar-refractivity contribution in [3.05, 3.63) is 53.1 Å². The molecule has 0 radical (unpaired) electrons. The van der Waals surface area contributed by atoms with Crippen LogP contribution >= 0.6 is 11.6 Å². The lowest BCUT2D eigenvalue weighted by atomic mass is 10.1. The molecule has 5 heteroatoms. The van der Waals surface area contributed by atoms with Crippen LogP contribution in [-0.2, 0) is 11.2 Å². The smallest absolute Gasteiger partial charge is 0.307 e. The Morgan fingerprint density at radius 1 is 1.30 bits per heavy atom. The van der Waals surface area contributed by atoms with E-state index in [1.54, 1.807) is 43.5 Å². The second-order valence-electron chi connectivity index (χ2n) is 4.24. The number of hydrogen-bond acceptors (Lipinski definition) is 3. The molecule has 2 aromatic carbocycles. The van der Waals surface area contributed by atoms with Gasteiger partial charge in [-0.25, -0.2) is 0 Å². The van der Waals surface area contributed by atoms with E-state index in [1.165, 1.54) is 0 Å². The molecule has 20 heavy (non-hydrogen) atoms. The molecule has 2 rings (SSSR count). The molecule has 0 atom stereocenters. The highest BCUT2D eigenvalue weighted by Crippen LogP contribution is 2.29. The Bertz CT molecular complexity index is 628. The summed E-state index contributed by atoms with van der Waals surface area (Å²) in [6, 6.07) is 12.5. The molecule has 0 spiro atoms. The third kappa shape index (κ3) is 3.65. The SMILES string of the molecule is COc1ccc(Cl)c(Nc2cccc(CC(=O)O)c2)c1. The Morgan fingerprint density at radius 2 is 2.10 bits per heavy atom. The summed E-state index contributed by atoms with van der Waals surface area (Å²) in [5.74, 6) is -0.167. The normalized spacial score (nSPS) is 10.1. The molecule has 0 unspecified atom stereocenters. The predicted molar refractivity (Wildman–Crippen MR) is 79.1 cm³/mol. The average molecular weight is 292 g/mol. The summed E-state index contributed by atoms with van der Waals surface area (Å²) in [4.78, 5) is 10.7. The third-order valence-electron chi connectivity index (χ3n) is 2.73. The Hall–Kier alpha value is -2.20. The number of ether oxygens (including phenoxy) is 1. The van der Waals surface area contributed by atoms with E-state index in [9.17, 15) is 4.79 Å². The van der Waals surface area contributed by atoms with Gasteiger partial charge in [-0.1, -0.05) is 23.7 Å². The van der Waals surface area contributed by atoms with Gasteiger partial charge in [0.1, 0.15) is 5.75 Å².